The average molecular weight is 335 g/mol. The first-order valence-corrected chi connectivity index (χ1v) is 9.72. The topological polar surface area (TPSA) is 75.7 Å². The lowest BCUT2D eigenvalue weighted by molar-refractivity contribution is 0.0939. The molecular formula is C16H31O5S-. The summed E-state index contributed by atoms with van der Waals surface area (Å²) in [6.45, 7) is 2.75. The Bertz CT molecular complexity index is 352. The van der Waals surface area contributed by atoms with Gasteiger partial charge in [0.05, 0.1) is 13.2 Å². The standard InChI is InChI=1S/C16H32O5S/c1-2-3-4-5-6-7-8-9-10-11-12-13-14-20-15-16-21-22(17,18)19/h5-6H,2-4,7-16H2,1H3,(H,17,18,19)/p-1/b6-5+. The van der Waals surface area contributed by atoms with Crippen LogP contribution >= 0.6 is 0 Å². The zero-order valence-corrected chi connectivity index (χ0v) is 14.6. The van der Waals surface area contributed by atoms with E-state index in [-0.39, 0.29) is 13.2 Å². The van der Waals surface area contributed by atoms with Gasteiger partial charge in [0.25, 0.3) is 0 Å². The first-order chi connectivity index (χ1) is 10.6. The summed E-state index contributed by atoms with van der Waals surface area (Å²) in [5, 5.41) is 0. The van der Waals surface area contributed by atoms with Crippen molar-refractivity contribution in [2.24, 2.45) is 0 Å². The summed E-state index contributed by atoms with van der Waals surface area (Å²) in [6, 6.07) is 0. The molecule has 132 valence electrons. The van der Waals surface area contributed by atoms with Gasteiger partial charge in [0.2, 0.25) is 10.4 Å². The molecule has 22 heavy (non-hydrogen) atoms. The van der Waals surface area contributed by atoms with Crippen molar-refractivity contribution in [1.82, 2.24) is 0 Å². The lowest BCUT2D eigenvalue weighted by Crippen LogP contribution is -2.10. The molecule has 0 spiro atoms. The van der Waals surface area contributed by atoms with Crippen LogP contribution in [-0.4, -0.2) is 32.8 Å². The molecule has 6 heteroatoms. The molecule has 0 bridgehead atoms. The summed E-state index contributed by atoms with van der Waals surface area (Å²) in [5.74, 6) is 0. The van der Waals surface area contributed by atoms with E-state index in [9.17, 15) is 13.0 Å². The summed E-state index contributed by atoms with van der Waals surface area (Å²) in [7, 11) is -4.58. The summed E-state index contributed by atoms with van der Waals surface area (Å²) in [4.78, 5) is 0. The molecule has 0 aromatic carbocycles. The summed E-state index contributed by atoms with van der Waals surface area (Å²) < 4.78 is 39.6. The molecular weight excluding hydrogens is 304 g/mol. The number of rotatable bonds is 16. The third kappa shape index (κ3) is 19.6. The zero-order valence-electron chi connectivity index (χ0n) is 13.8. The van der Waals surface area contributed by atoms with Crippen molar-refractivity contribution in [3.63, 3.8) is 0 Å². The fourth-order valence-electron chi connectivity index (χ4n) is 2.03. The Morgan fingerprint density at radius 1 is 0.818 bits per heavy atom. The Kier molecular flexibility index (Phi) is 15.2. The van der Waals surface area contributed by atoms with Crippen LogP contribution < -0.4 is 0 Å². The monoisotopic (exact) mass is 335 g/mol. The Morgan fingerprint density at radius 3 is 2.05 bits per heavy atom. The minimum atomic E-state index is -4.58. The number of allylic oxidation sites excluding steroid dienone is 2. The predicted octanol–water partition coefficient (Wildman–Crippen LogP) is 3.96. The highest BCUT2D eigenvalue weighted by atomic mass is 32.3. The largest absolute Gasteiger partial charge is 0.726 e. The van der Waals surface area contributed by atoms with Gasteiger partial charge in [-0.3, -0.25) is 4.18 Å². The quantitative estimate of drug-likeness (QED) is 0.185. The van der Waals surface area contributed by atoms with Crippen LogP contribution in [0.3, 0.4) is 0 Å². The molecule has 0 amide bonds. The van der Waals surface area contributed by atoms with Gasteiger partial charge >= 0.3 is 0 Å². The Labute approximate surface area is 136 Å². The minimum Gasteiger partial charge on any atom is -0.726 e. The van der Waals surface area contributed by atoms with Gasteiger partial charge in [0, 0.05) is 6.61 Å². The van der Waals surface area contributed by atoms with Crippen LogP contribution in [0.15, 0.2) is 12.2 Å². The lowest BCUT2D eigenvalue weighted by atomic mass is 10.1. The van der Waals surface area contributed by atoms with Gasteiger partial charge in [-0.2, -0.15) is 0 Å². The number of hydrogen-bond acceptors (Lipinski definition) is 5. The van der Waals surface area contributed by atoms with Gasteiger partial charge in [-0.05, 0) is 25.7 Å². The summed E-state index contributed by atoms with van der Waals surface area (Å²) in [5.41, 5.74) is 0. The van der Waals surface area contributed by atoms with Crippen molar-refractivity contribution in [2.75, 3.05) is 19.8 Å². The van der Waals surface area contributed by atoms with Crippen molar-refractivity contribution in [2.45, 2.75) is 71.1 Å². The molecule has 0 radical (unpaired) electrons. The fraction of sp³-hybridized carbons (Fsp3) is 0.875. The molecule has 0 saturated heterocycles. The van der Waals surface area contributed by atoms with E-state index in [4.69, 9.17) is 4.74 Å². The second kappa shape index (κ2) is 15.5. The SMILES string of the molecule is CCCC/C=C/CCCCCCCCOCCOS(=O)(=O)[O-]. The second-order valence-corrected chi connectivity index (χ2v) is 6.42. The molecule has 0 aliphatic heterocycles. The van der Waals surface area contributed by atoms with E-state index in [1.807, 2.05) is 0 Å². The van der Waals surface area contributed by atoms with Crippen LogP contribution in [0.25, 0.3) is 0 Å². The molecule has 0 aromatic rings. The van der Waals surface area contributed by atoms with Crippen molar-refractivity contribution < 1.29 is 21.9 Å². The highest BCUT2D eigenvalue weighted by molar-refractivity contribution is 7.80. The van der Waals surface area contributed by atoms with E-state index in [2.05, 4.69) is 23.3 Å². The molecule has 0 aliphatic carbocycles. The van der Waals surface area contributed by atoms with Crippen LogP contribution in [0.1, 0.15) is 71.1 Å². The van der Waals surface area contributed by atoms with Crippen LogP contribution in [0, 0.1) is 0 Å². The molecule has 0 saturated carbocycles. The van der Waals surface area contributed by atoms with Crippen LogP contribution in [0.5, 0.6) is 0 Å². The lowest BCUT2D eigenvalue weighted by Gasteiger charge is -2.07. The maximum absolute atomic E-state index is 10.1. The van der Waals surface area contributed by atoms with Crippen molar-refractivity contribution in [1.29, 1.82) is 0 Å². The average Bonchev–Trinajstić information content (AvgIpc) is 2.45. The summed E-state index contributed by atoms with van der Waals surface area (Å²) in [6.07, 6.45) is 16.6. The Balaban J connectivity index is 3.10. The Morgan fingerprint density at radius 2 is 1.41 bits per heavy atom. The molecule has 0 rings (SSSR count). The molecule has 0 aliphatic rings. The normalized spacial score (nSPS) is 12.3. The van der Waals surface area contributed by atoms with Crippen molar-refractivity contribution >= 4 is 10.4 Å². The van der Waals surface area contributed by atoms with Crippen LogP contribution in [-0.2, 0) is 19.3 Å². The van der Waals surface area contributed by atoms with E-state index in [1.165, 1.54) is 51.4 Å². The molecule has 0 aromatic heterocycles. The van der Waals surface area contributed by atoms with Gasteiger partial charge in [-0.15, -0.1) is 0 Å². The maximum atomic E-state index is 10.1. The number of unbranched alkanes of at least 4 members (excludes halogenated alkanes) is 8. The molecule has 0 atom stereocenters. The highest BCUT2D eigenvalue weighted by Crippen LogP contribution is 2.08. The third-order valence-electron chi connectivity index (χ3n) is 3.26. The first kappa shape index (κ1) is 21.6. The molecule has 5 nitrogen and oxygen atoms in total. The van der Waals surface area contributed by atoms with Crippen LogP contribution in [0.2, 0.25) is 0 Å². The predicted molar refractivity (Wildman–Crippen MR) is 87.5 cm³/mol. The number of hydrogen-bond donors (Lipinski definition) is 0. The van der Waals surface area contributed by atoms with Crippen molar-refractivity contribution in [3.8, 4) is 0 Å². The molecule has 0 N–H and O–H groups in total. The minimum absolute atomic E-state index is 0.145. The maximum Gasteiger partial charge on any atom is 0.217 e. The van der Waals surface area contributed by atoms with E-state index in [0.717, 1.165) is 12.8 Å². The molecule has 0 unspecified atom stereocenters. The van der Waals surface area contributed by atoms with Gasteiger partial charge in [0.15, 0.2) is 0 Å². The summed E-state index contributed by atoms with van der Waals surface area (Å²) >= 11 is 0. The molecule has 0 fully saturated rings. The zero-order chi connectivity index (χ0) is 16.5. The highest BCUT2D eigenvalue weighted by Gasteiger charge is 1.95. The van der Waals surface area contributed by atoms with E-state index in [1.54, 1.807) is 0 Å². The van der Waals surface area contributed by atoms with Gasteiger partial charge in [-0.25, -0.2) is 8.42 Å². The van der Waals surface area contributed by atoms with Crippen molar-refractivity contribution in [3.05, 3.63) is 12.2 Å². The Hall–Kier alpha value is -0.430. The van der Waals surface area contributed by atoms with Gasteiger partial charge in [-0.1, -0.05) is 57.6 Å². The van der Waals surface area contributed by atoms with Crippen LogP contribution in [0.4, 0.5) is 0 Å². The smallest absolute Gasteiger partial charge is 0.217 e. The second-order valence-electron chi connectivity index (χ2n) is 5.37. The first-order valence-electron chi connectivity index (χ1n) is 8.39. The van der Waals surface area contributed by atoms with Gasteiger partial charge < -0.3 is 9.29 Å². The van der Waals surface area contributed by atoms with Gasteiger partial charge in [0.1, 0.15) is 0 Å². The third-order valence-corrected chi connectivity index (χ3v) is 3.71. The van der Waals surface area contributed by atoms with E-state index in [0.29, 0.717) is 6.61 Å². The van der Waals surface area contributed by atoms with E-state index < -0.39 is 10.4 Å². The number of ether oxygens (including phenoxy) is 1. The fourth-order valence-corrected chi connectivity index (χ4v) is 2.30. The van der Waals surface area contributed by atoms with E-state index >= 15 is 0 Å². The molecule has 0 heterocycles.